The summed E-state index contributed by atoms with van der Waals surface area (Å²) in [6, 6.07) is 0. The van der Waals surface area contributed by atoms with Gasteiger partial charge in [-0.05, 0) is 44.2 Å². The second kappa shape index (κ2) is 4.56. The number of halogens is 1. The molecule has 0 saturated heterocycles. The van der Waals surface area contributed by atoms with Crippen LogP contribution in [0.4, 0.5) is 0 Å². The molecule has 20 heavy (non-hydrogen) atoms. The van der Waals surface area contributed by atoms with Gasteiger partial charge in [-0.1, -0.05) is 0 Å². The predicted octanol–water partition coefficient (Wildman–Crippen LogP) is 1.43. The Kier molecular flexibility index (Phi) is 3.10. The van der Waals surface area contributed by atoms with E-state index in [0.29, 0.717) is 24.0 Å². The Morgan fingerprint density at radius 3 is 2.75 bits per heavy atom. The molecule has 1 aliphatic rings. The molecule has 2 heterocycles. The zero-order valence-electron chi connectivity index (χ0n) is 11.5. The topological polar surface area (TPSA) is 72.9 Å². The minimum absolute atomic E-state index is 0.115. The number of aromatic nitrogens is 4. The zero-order chi connectivity index (χ0) is 14.5. The van der Waals surface area contributed by atoms with Crippen LogP contribution < -0.4 is 5.69 Å². The molecule has 1 aliphatic carbocycles. The molecule has 0 bridgehead atoms. The molecule has 0 radical (unpaired) electrons. The highest BCUT2D eigenvalue weighted by Crippen LogP contribution is 2.35. The Hall–Kier alpha value is -1.40. The minimum atomic E-state index is -0.340. The monoisotopic (exact) mass is 296 g/mol. The summed E-state index contributed by atoms with van der Waals surface area (Å²) < 4.78 is 3.25. The fraction of sp³-hybridized carbons (Fsp3) is 0.615. The van der Waals surface area contributed by atoms with E-state index in [9.17, 15) is 9.90 Å². The summed E-state index contributed by atoms with van der Waals surface area (Å²) in [6.07, 6.45) is 4.18. The first-order valence-electron chi connectivity index (χ1n) is 6.71. The van der Waals surface area contributed by atoms with E-state index in [1.165, 1.54) is 0 Å². The van der Waals surface area contributed by atoms with Gasteiger partial charge in [-0.3, -0.25) is 9.13 Å². The van der Waals surface area contributed by atoms with Crippen LogP contribution in [0.3, 0.4) is 0 Å². The first kappa shape index (κ1) is 13.6. The number of hydrogen-bond acceptors (Lipinski definition) is 4. The summed E-state index contributed by atoms with van der Waals surface area (Å²) in [4.78, 5) is 20.7. The van der Waals surface area contributed by atoms with E-state index in [0.717, 1.165) is 12.8 Å². The number of imidazole rings is 1. The standard InChI is InChI=1S/C13H17ClN4O2/c1-13(5-3-8(19)4-6-13)18-10-9(17(2)12(18)20)7-15-11(14)16-10/h7-8,19H,3-6H2,1-2H3/t8-,13+. The number of nitrogens with zero attached hydrogens (tertiary/aromatic N) is 4. The quantitative estimate of drug-likeness (QED) is 0.808. The zero-order valence-corrected chi connectivity index (χ0v) is 12.3. The van der Waals surface area contributed by atoms with Crippen molar-refractivity contribution in [1.82, 2.24) is 19.1 Å². The van der Waals surface area contributed by atoms with Gasteiger partial charge in [-0.15, -0.1) is 0 Å². The van der Waals surface area contributed by atoms with Gasteiger partial charge < -0.3 is 5.11 Å². The summed E-state index contributed by atoms with van der Waals surface area (Å²) in [5.74, 6) is 0. The van der Waals surface area contributed by atoms with Crippen LogP contribution in [-0.2, 0) is 12.6 Å². The summed E-state index contributed by atoms with van der Waals surface area (Å²) in [5, 5.41) is 9.82. The lowest BCUT2D eigenvalue weighted by molar-refractivity contribution is 0.0757. The van der Waals surface area contributed by atoms with Crippen molar-refractivity contribution in [2.75, 3.05) is 0 Å². The van der Waals surface area contributed by atoms with Gasteiger partial charge in [-0.25, -0.2) is 9.78 Å². The number of rotatable bonds is 1. The van der Waals surface area contributed by atoms with Crippen molar-refractivity contribution >= 4 is 22.8 Å². The molecule has 0 aromatic carbocycles. The van der Waals surface area contributed by atoms with Crippen LogP contribution in [0, 0.1) is 0 Å². The average molecular weight is 297 g/mol. The molecular formula is C13H17ClN4O2. The van der Waals surface area contributed by atoms with Gasteiger partial charge in [0.25, 0.3) is 0 Å². The predicted molar refractivity (Wildman–Crippen MR) is 75.9 cm³/mol. The third kappa shape index (κ3) is 1.94. The van der Waals surface area contributed by atoms with E-state index in [1.54, 1.807) is 22.4 Å². The van der Waals surface area contributed by atoms with Gasteiger partial charge in [-0.2, -0.15) is 4.98 Å². The molecule has 6 nitrogen and oxygen atoms in total. The summed E-state index contributed by atoms with van der Waals surface area (Å²) in [6.45, 7) is 2.04. The van der Waals surface area contributed by atoms with Crippen LogP contribution in [0.1, 0.15) is 32.6 Å². The first-order valence-corrected chi connectivity index (χ1v) is 7.09. The minimum Gasteiger partial charge on any atom is -0.393 e. The average Bonchev–Trinajstić information content (AvgIpc) is 2.66. The highest BCUT2D eigenvalue weighted by molar-refractivity contribution is 6.28. The maximum absolute atomic E-state index is 12.5. The molecule has 1 saturated carbocycles. The smallest absolute Gasteiger partial charge is 0.330 e. The molecule has 0 atom stereocenters. The van der Waals surface area contributed by atoms with Gasteiger partial charge in [0.2, 0.25) is 5.28 Å². The van der Waals surface area contributed by atoms with E-state index in [1.807, 2.05) is 6.92 Å². The molecule has 7 heteroatoms. The van der Waals surface area contributed by atoms with Gasteiger partial charge >= 0.3 is 5.69 Å². The molecule has 108 valence electrons. The Morgan fingerprint density at radius 2 is 2.10 bits per heavy atom. The summed E-state index contributed by atoms with van der Waals surface area (Å²) >= 11 is 5.87. The van der Waals surface area contributed by atoms with Crippen LogP contribution in [0.2, 0.25) is 5.28 Å². The summed E-state index contributed by atoms with van der Waals surface area (Å²) in [7, 11) is 1.71. The van der Waals surface area contributed by atoms with Crippen LogP contribution >= 0.6 is 11.6 Å². The Labute approximate surface area is 121 Å². The molecule has 0 spiro atoms. The molecular weight excluding hydrogens is 280 g/mol. The number of aliphatic hydroxyl groups excluding tert-OH is 1. The highest BCUT2D eigenvalue weighted by Gasteiger charge is 2.35. The van der Waals surface area contributed by atoms with Crippen molar-refractivity contribution in [3.05, 3.63) is 22.0 Å². The lowest BCUT2D eigenvalue weighted by Gasteiger charge is -2.36. The van der Waals surface area contributed by atoms with Gasteiger partial charge in [0.15, 0.2) is 5.65 Å². The number of aliphatic hydroxyl groups is 1. The van der Waals surface area contributed by atoms with E-state index < -0.39 is 0 Å². The van der Waals surface area contributed by atoms with Crippen molar-refractivity contribution in [2.45, 2.75) is 44.2 Å². The molecule has 3 rings (SSSR count). The molecule has 0 amide bonds. The molecule has 0 aliphatic heterocycles. The van der Waals surface area contributed by atoms with Gasteiger partial charge in [0.05, 0.1) is 12.3 Å². The van der Waals surface area contributed by atoms with E-state index in [4.69, 9.17) is 11.6 Å². The largest absolute Gasteiger partial charge is 0.393 e. The van der Waals surface area contributed by atoms with E-state index in [-0.39, 0.29) is 22.6 Å². The Bertz CT molecular complexity index is 713. The van der Waals surface area contributed by atoms with Gasteiger partial charge in [0, 0.05) is 12.6 Å². The SMILES string of the molecule is Cn1c(=O)n([C@]2(C)CC[C@H](O)CC2)c2nc(Cl)ncc21. The van der Waals surface area contributed by atoms with Crippen molar-refractivity contribution in [2.24, 2.45) is 7.05 Å². The number of aryl methyl sites for hydroxylation is 1. The van der Waals surface area contributed by atoms with Crippen LogP contribution in [-0.4, -0.2) is 30.3 Å². The lowest BCUT2D eigenvalue weighted by atomic mass is 9.81. The van der Waals surface area contributed by atoms with E-state index >= 15 is 0 Å². The lowest BCUT2D eigenvalue weighted by Crippen LogP contribution is -2.42. The maximum atomic E-state index is 12.5. The van der Waals surface area contributed by atoms with Crippen LogP contribution in [0.25, 0.3) is 11.2 Å². The highest BCUT2D eigenvalue weighted by atomic mass is 35.5. The third-order valence-corrected chi connectivity index (χ3v) is 4.53. The third-order valence-electron chi connectivity index (χ3n) is 4.34. The van der Waals surface area contributed by atoms with Crippen LogP contribution in [0.15, 0.2) is 11.0 Å². The second-order valence-corrected chi connectivity index (χ2v) is 6.09. The van der Waals surface area contributed by atoms with Crippen molar-refractivity contribution in [3.8, 4) is 0 Å². The Morgan fingerprint density at radius 1 is 1.45 bits per heavy atom. The van der Waals surface area contributed by atoms with Crippen molar-refractivity contribution in [3.63, 3.8) is 0 Å². The molecule has 1 fully saturated rings. The molecule has 1 N–H and O–H groups in total. The second-order valence-electron chi connectivity index (χ2n) is 5.75. The number of fused-ring (bicyclic) bond motifs is 1. The normalized spacial score (nSPS) is 27.1. The van der Waals surface area contributed by atoms with Crippen molar-refractivity contribution < 1.29 is 5.11 Å². The summed E-state index contributed by atoms with van der Waals surface area (Å²) in [5.41, 5.74) is 0.784. The number of hydrogen-bond donors (Lipinski definition) is 1. The van der Waals surface area contributed by atoms with Crippen LogP contribution in [0.5, 0.6) is 0 Å². The first-order chi connectivity index (χ1) is 9.42. The molecule has 2 aromatic rings. The maximum Gasteiger partial charge on any atom is 0.330 e. The fourth-order valence-corrected chi connectivity index (χ4v) is 3.15. The molecule has 0 unspecified atom stereocenters. The van der Waals surface area contributed by atoms with E-state index in [2.05, 4.69) is 9.97 Å². The fourth-order valence-electron chi connectivity index (χ4n) is 3.03. The van der Waals surface area contributed by atoms with Gasteiger partial charge in [0.1, 0.15) is 5.52 Å². The Balaban J connectivity index is 2.23. The molecule has 2 aromatic heterocycles. The van der Waals surface area contributed by atoms with Crippen molar-refractivity contribution in [1.29, 1.82) is 0 Å².